The zero-order chi connectivity index (χ0) is 5.28. The van der Waals surface area contributed by atoms with E-state index >= 15 is 0 Å². The van der Waals surface area contributed by atoms with Crippen LogP contribution in [0.4, 0.5) is 4.39 Å². The van der Waals surface area contributed by atoms with Crippen LogP contribution in [0.1, 0.15) is 5.69 Å². The molecule has 0 fully saturated rings. The Morgan fingerprint density at radius 1 is 1.57 bits per heavy atom. The molecular weight excluding hydrogens is 93.1 g/mol. The summed E-state index contributed by atoms with van der Waals surface area (Å²) in [5, 5.41) is 0. The smallest absolute Gasteiger partial charge is 0.191 e. The fourth-order valence-corrected chi connectivity index (χ4v) is 0.470. The second kappa shape index (κ2) is 1.37. The second-order valence-corrected chi connectivity index (χ2v) is 1.49. The Morgan fingerprint density at radius 3 is 2.43 bits per heavy atom. The van der Waals surface area contributed by atoms with Crippen LogP contribution >= 0.6 is 0 Å². The van der Waals surface area contributed by atoms with Crippen molar-refractivity contribution in [3.8, 4) is 0 Å². The fourth-order valence-electron chi connectivity index (χ4n) is 0.470. The number of H-pyrrole nitrogens is 1. The highest BCUT2D eigenvalue weighted by Crippen LogP contribution is 1.95. The van der Waals surface area contributed by atoms with Crippen molar-refractivity contribution >= 4 is 0 Å². The highest BCUT2D eigenvalue weighted by atomic mass is 19.1. The van der Waals surface area contributed by atoms with Crippen molar-refractivity contribution < 1.29 is 4.39 Å². The predicted molar refractivity (Wildman–Crippen MR) is 25.5 cm³/mol. The molecule has 1 aromatic rings. The first-order valence-corrected chi connectivity index (χ1v) is 2.10. The molecule has 0 aliphatic rings. The first kappa shape index (κ1) is 4.37. The summed E-state index contributed by atoms with van der Waals surface area (Å²) in [4.78, 5) is 2.47. The van der Waals surface area contributed by atoms with Gasteiger partial charge < -0.3 is 4.98 Å². The van der Waals surface area contributed by atoms with Gasteiger partial charge in [0.2, 0.25) is 0 Å². The summed E-state index contributed by atoms with van der Waals surface area (Å²) in [7, 11) is 0. The summed E-state index contributed by atoms with van der Waals surface area (Å²) in [6.07, 6.45) is 0. The van der Waals surface area contributed by atoms with Gasteiger partial charge in [0.05, 0.1) is 0 Å². The third kappa shape index (κ3) is 0.796. The first-order chi connectivity index (χ1) is 3.29. The molecule has 1 aromatic heterocycles. The molecule has 0 saturated carbocycles. The summed E-state index contributed by atoms with van der Waals surface area (Å²) in [6.45, 7) is 1.81. The van der Waals surface area contributed by atoms with E-state index in [1.54, 1.807) is 6.07 Å². The van der Waals surface area contributed by atoms with Gasteiger partial charge in [-0.2, -0.15) is 4.39 Å². The van der Waals surface area contributed by atoms with E-state index in [-0.39, 0.29) is 5.95 Å². The Hall–Kier alpha value is -0.790. The van der Waals surface area contributed by atoms with Crippen molar-refractivity contribution in [1.82, 2.24) is 4.98 Å². The number of rotatable bonds is 0. The maximum Gasteiger partial charge on any atom is 0.191 e. The van der Waals surface area contributed by atoms with Gasteiger partial charge in [-0.05, 0) is 19.1 Å². The van der Waals surface area contributed by atoms with Crippen molar-refractivity contribution in [1.29, 1.82) is 0 Å². The van der Waals surface area contributed by atoms with Crippen molar-refractivity contribution in [2.75, 3.05) is 0 Å². The van der Waals surface area contributed by atoms with E-state index < -0.39 is 0 Å². The van der Waals surface area contributed by atoms with E-state index in [1.165, 1.54) is 6.07 Å². The standard InChI is InChI=1S/C5H6FN/c1-4-2-3-5(6)7-4/h2-3,7H,1H3. The molecule has 1 heterocycles. The molecule has 38 valence electrons. The lowest BCUT2D eigenvalue weighted by molar-refractivity contribution is 0.589. The number of halogens is 1. The van der Waals surface area contributed by atoms with Crippen molar-refractivity contribution in [2.24, 2.45) is 0 Å². The number of nitrogens with one attached hydrogen (secondary N) is 1. The second-order valence-electron chi connectivity index (χ2n) is 1.49. The highest BCUT2D eigenvalue weighted by Gasteiger charge is 1.86. The van der Waals surface area contributed by atoms with Crippen LogP contribution in [0.5, 0.6) is 0 Å². The van der Waals surface area contributed by atoms with Gasteiger partial charge in [0, 0.05) is 5.69 Å². The number of aromatic amines is 1. The number of aryl methyl sites for hydroxylation is 1. The summed E-state index contributed by atoms with van der Waals surface area (Å²) < 4.78 is 11.9. The van der Waals surface area contributed by atoms with Crippen LogP contribution in [0.25, 0.3) is 0 Å². The molecule has 1 N–H and O–H groups in total. The van der Waals surface area contributed by atoms with Gasteiger partial charge in [-0.1, -0.05) is 0 Å². The Labute approximate surface area is 41.2 Å². The van der Waals surface area contributed by atoms with Crippen LogP contribution in [0.3, 0.4) is 0 Å². The minimum atomic E-state index is -0.266. The van der Waals surface area contributed by atoms with E-state index in [4.69, 9.17) is 0 Å². The maximum atomic E-state index is 11.9. The van der Waals surface area contributed by atoms with Crippen LogP contribution < -0.4 is 0 Å². The molecule has 1 nitrogen and oxygen atoms in total. The van der Waals surface area contributed by atoms with E-state index in [0.717, 1.165) is 5.69 Å². The van der Waals surface area contributed by atoms with Gasteiger partial charge in [0.15, 0.2) is 5.95 Å². The lowest BCUT2D eigenvalue weighted by atomic mass is 10.5. The summed E-state index contributed by atoms with van der Waals surface area (Å²) in [5.41, 5.74) is 0.859. The van der Waals surface area contributed by atoms with Gasteiger partial charge in [-0.15, -0.1) is 0 Å². The Kier molecular flexibility index (Phi) is 0.855. The quantitative estimate of drug-likeness (QED) is 0.506. The van der Waals surface area contributed by atoms with Gasteiger partial charge in [-0.3, -0.25) is 0 Å². The van der Waals surface area contributed by atoms with E-state index in [2.05, 4.69) is 4.98 Å². The lowest BCUT2D eigenvalue weighted by Crippen LogP contribution is -1.68. The maximum absolute atomic E-state index is 11.9. The fraction of sp³-hybridized carbons (Fsp3) is 0.200. The van der Waals surface area contributed by atoms with Crippen LogP contribution in [0, 0.1) is 12.9 Å². The van der Waals surface area contributed by atoms with E-state index in [9.17, 15) is 4.39 Å². The average Bonchev–Trinajstić information content (AvgIpc) is 1.87. The summed E-state index contributed by atoms with van der Waals surface area (Å²) in [6, 6.07) is 3.09. The monoisotopic (exact) mass is 99.0 g/mol. The molecule has 0 aromatic carbocycles. The molecule has 0 amide bonds. The van der Waals surface area contributed by atoms with Crippen molar-refractivity contribution in [3.63, 3.8) is 0 Å². The molecule has 1 rings (SSSR count). The molecule has 0 bridgehead atoms. The summed E-state index contributed by atoms with van der Waals surface area (Å²) >= 11 is 0. The summed E-state index contributed by atoms with van der Waals surface area (Å²) in [5.74, 6) is -0.266. The van der Waals surface area contributed by atoms with Crippen LogP contribution in [-0.2, 0) is 0 Å². The first-order valence-electron chi connectivity index (χ1n) is 2.10. The van der Waals surface area contributed by atoms with Crippen LogP contribution in [0.15, 0.2) is 12.1 Å². The molecule has 0 saturated heterocycles. The Balaban J connectivity index is 3.04. The van der Waals surface area contributed by atoms with Crippen molar-refractivity contribution in [2.45, 2.75) is 6.92 Å². The minimum Gasteiger partial charge on any atom is -0.336 e. The molecule has 0 aliphatic carbocycles. The third-order valence-corrected chi connectivity index (χ3v) is 0.796. The molecule has 0 unspecified atom stereocenters. The lowest BCUT2D eigenvalue weighted by Gasteiger charge is -1.74. The van der Waals surface area contributed by atoms with E-state index in [1.807, 2.05) is 6.92 Å². The molecule has 2 heteroatoms. The average molecular weight is 99.1 g/mol. The topological polar surface area (TPSA) is 15.8 Å². The number of aromatic nitrogens is 1. The molecular formula is C5H6FN. The zero-order valence-electron chi connectivity index (χ0n) is 4.03. The Bertz CT molecular complexity index is 140. The normalized spacial score (nSPS) is 9.43. The zero-order valence-corrected chi connectivity index (χ0v) is 4.03. The Morgan fingerprint density at radius 2 is 2.29 bits per heavy atom. The largest absolute Gasteiger partial charge is 0.336 e. The molecule has 0 aliphatic heterocycles. The highest BCUT2D eigenvalue weighted by molar-refractivity contribution is 5.01. The van der Waals surface area contributed by atoms with Crippen molar-refractivity contribution in [3.05, 3.63) is 23.8 Å². The molecule has 7 heavy (non-hydrogen) atoms. The van der Waals surface area contributed by atoms with E-state index in [0.29, 0.717) is 0 Å². The van der Waals surface area contributed by atoms with Crippen LogP contribution in [-0.4, -0.2) is 4.98 Å². The molecule has 0 atom stereocenters. The molecule has 0 radical (unpaired) electrons. The third-order valence-electron chi connectivity index (χ3n) is 0.796. The van der Waals surface area contributed by atoms with Crippen LogP contribution in [0.2, 0.25) is 0 Å². The van der Waals surface area contributed by atoms with Gasteiger partial charge in [-0.25, -0.2) is 0 Å². The number of hydrogen-bond acceptors (Lipinski definition) is 0. The van der Waals surface area contributed by atoms with Gasteiger partial charge >= 0.3 is 0 Å². The number of hydrogen-bond donors (Lipinski definition) is 1. The molecule has 0 spiro atoms. The SMILES string of the molecule is Cc1ccc(F)[nH]1. The van der Waals surface area contributed by atoms with Gasteiger partial charge in [0.1, 0.15) is 0 Å². The van der Waals surface area contributed by atoms with Gasteiger partial charge in [0.25, 0.3) is 0 Å². The minimum absolute atomic E-state index is 0.266. The predicted octanol–water partition coefficient (Wildman–Crippen LogP) is 1.46.